The predicted octanol–water partition coefficient (Wildman–Crippen LogP) is 1.36. The number of carbonyl (C=O) groups excluding carboxylic acids is 1. The van der Waals surface area contributed by atoms with Crippen LogP contribution < -0.4 is 15.3 Å². The molecule has 3 aromatic rings. The van der Waals surface area contributed by atoms with Crippen LogP contribution in [0, 0.1) is 0 Å². The fraction of sp³-hybridized carbons (Fsp3) is 0.500. The van der Waals surface area contributed by atoms with Crippen molar-refractivity contribution >= 4 is 30.7 Å². The number of nitrogen functional groups attached to an aromatic ring is 1. The minimum atomic E-state index is -4.16. The normalized spacial score (nSPS) is 31.2. The number of hydrogen-bond acceptors (Lipinski definition) is 12. The van der Waals surface area contributed by atoms with E-state index in [0.29, 0.717) is 11.2 Å². The molecule has 2 aliphatic heterocycles. The molecular formula is C24H29N6O8P. The molecule has 2 saturated heterocycles. The molecule has 3 aliphatic rings. The lowest BCUT2D eigenvalue weighted by atomic mass is 9.97. The highest BCUT2D eigenvalue weighted by Gasteiger charge is 2.87. The van der Waals surface area contributed by atoms with Crippen LogP contribution in [0.5, 0.6) is 5.75 Å². The second-order valence-corrected chi connectivity index (χ2v) is 11.9. The number of nitrogens with one attached hydrogen (secondary N) is 1. The Bertz CT molecular complexity index is 1450. The quantitative estimate of drug-likeness (QED) is 0.239. The summed E-state index contributed by atoms with van der Waals surface area (Å²) in [4.78, 5) is 24.9. The van der Waals surface area contributed by atoms with Crippen LogP contribution in [0.3, 0.4) is 0 Å². The number of carbonyl (C=O) groups is 1. The fourth-order valence-corrected chi connectivity index (χ4v) is 6.81. The number of anilines is 1. The van der Waals surface area contributed by atoms with Gasteiger partial charge in [0.1, 0.15) is 53.1 Å². The molecule has 208 valence electrons. The molecule has 39 heavy (non-hydrogen) atoms. The van der Waals surface area contributed by atoms with E-state index in [-0.39, 0.29) is 30.9 Å². The lowest BCUT2D eigenvalue weighted by Gasteiger charge is -2.31. The Kier molecular flexibility index (Phi) is 6.17. The monoisotopic (exact) mass is 560 g/mol. The Labute approximate surface area is 223 Å². The molecule has 3 unspecified atom stereocenters. The summed E-state index contributed by atoms with van der Waals surface area (Å²) in [7, 11) is -4.16. The van der Waals surface area contributed by atoms with Crippen molar-refractivity contribution in [2.45, 2.75) is 62.4 Å². The topological polar surface area (TPSA) is 182 Å². The molecule has 7 atom stereocenters. The summed E-state index contributed by atoms with van der Waals surface area (Å²) < 4.78 is 44.7. The van der Waals surface area contributed by atoms with E-state index in [0.717, 1.165) is 0 Å². The molecule has 1 spiro atoms. The summed E-state index contributed by atoms with van der Waals surface area (Å²) in [6.45, 7) is 4.57. The van der Waals surface area contributed by atoms with Crippen molar-refractivity contribution in [1.29, 1.82) is 0 Å². The maximum Gasteiger partial charge on any atom is 0.459 e. The van der Waals surface area contributed by atoms with Crippen LogP contribution in [0.2, 0.25) is 0 Å². The number of para-hydroxylation sites is 1. The van der Waals surface area contributed by atoms with Crippen molar-refractivity contribution < 1.29 is 37.7 Å². The zero-order valence-electron chi connectivity index (χ0n) is 21.5. The second kappa shape index (κ2) is 9.22. The molecule has 0 radical (unpaired) electrons. The third kappa shape index (κ3) is 4.19. The zero-order chi connectivity index (χ0) is 27.6. The maximum absolute atomic E-state index is 13.9. The highest BCUT2D eigenvalue weighted by molar-refractivity contribution is 7.52. The van der Waals surface area contributed by atoms with Crippen LogP contribution in [0.25, 0.3) is 11.2 Å². The minimum absolute atomic E-state index is 0.0127. The van der Waals surface area contributed by atoms with Crippen molar-refractivity contribution in [2.75, 3.05) is 18.9 Å². The molecule has 1 saturated carbocycles. The molecule has 15 heteroatoms. The summed E-state index contributed by atoms with van der Waals surface area (Å²) in [5.41, 5.74) is 4.50. The summed E-state index contributed by atoms with van der Waals surface area (Å²) in [5.74, 6) is -0.115. The van der Waals surface area contributed by atoms with E-state index < -0.39 is 49.2 Å². The zero-order valence-corrected chi connectivity index (χ0v) is 22.4. The number of imidazole rings is 1. The van der Waals surface area contributed by atoms with E-state index in [1.807, 2.05) is 0 Å². The van der Waals surface area contributed by atoms with E-state index in [2.05, 4.69) is 20.0 Å². The Morgan fingerprint density at radius 3 is 2.74 bits per heavy atom. The van der Waals surface area contributed by atoms with Gasteiger partial charge in [-0.05, 0) is 32.9 Å². The first-order chi connectivity index (χ1) is 18.6. The van der Waals surface area contributed by atoms with E-state index in [9.17, 15) is 14.5 Å². The number of aliphatic hydroxyl groups is 1. The van der Waals surface area contributed by atoms with E-state index >= 15 is 0 Å². The number of aliphatic hydroxyl groups excluding tert-OH is 1. The number of ether oxygens (including phenoxy) is 3. The highest BCUT2D eigenvalue weighted by atomic mass is 31.2. The number of aromatic nitrogens is 4. The number of esters is 1. The lowest BCUT2D eigenvalue weighted by Crippen LogP contribution is -2.48. The lowest BCUT2D eigenvalue weighted by molar-refractivity contribution is -0.149. The molecule has 2 bridgehead atoms. The molecule has 1 aliphatic carbocycles. The third-order valence-corrected chi connectivity index (χ3v) is 8.75. The molecule has 6 rings (SSSR count). The Hall–Kier alpha value is -3.13. The first-order valence-electron chi connectivity index (χ1n) is 12.5. The number of hydrogen-bond donors (Lipinski definition) is 3. The fourth-order valence-electron chi connectivity index (χ4n) is 5.26. The number of fused-ring (bicyclic) bond motifs is 2. The largest absolute Gasteiger partial charge is 0.462 e. The summed E-state index contributed by atoms with van der Waals surface area (Å²) in [6.07, 6.45) is 0.893. The van der Waals surface area contributed by atoms with E-state index in [4.69, 9.17) is 29.0 Å². The number of nitrogens with zero attached hydrogens (tertiary/aromatic N) is 4. The van der Waals surface area contributed by atoms with Gasteiger partial charge >= 0.3 is 13.7 Å². The second-order valence-electron chi connectivity index (χ2n) is 10.2. The van der Waals surface area contributed by atoms with Gasteiger partial charge in [-0.15, -0.1) is 0 Å². The third-order valence-electron chi connectivity index (χ3n) is 7.13. The Balaban J connectivity index is 1.20. The summed E-state index contributed by atoms with van der Waals surface area (Å²) >= 11 is 0. The maximum atomic E-state index is 13.9. The Morgan fingerprint density at radius 2 is 2.05 bits per heavy atom. The van der Waals surface area contributed by atoms with Gasteiger partial charge in [0.15, 0.2) is 11.5 Å². The average Bonchev–Trinajstić information content (AvgIpc) is 3.09. The van der Waals surface area contributed by atoms with Crippen LogP contribution in [0.1, 0.15) is 26.8 Å². The van der Waals surface area contributed by atoms with Gasteiger partial charge in [-0.2, -0.15) is 5.09 Å². The summed E-state index contributed by atoms with van der Waals surface area (Å²) in [6, 6.07) is 6.98. The molecular weight excluding hydrogens is 531 g/mol. The molecule has 2 aromatic heterocycles. The van der Waals surface area contributed by atoms with Crippen LogP contribution in [-0.4, -0.2) is 79.4 Å². The van der Waals surface area contributed by atoms with Crippen LogP contribution in [0.4, 0.5) is 5.82 Å². The van der Waals surface area contributed by atoms with Gasteiger partial charge in [0.05, 0.1) is 25.6 Å². The highest BCUT2D eigenvalue weighted by Crippen LogP contribution is 2.68. The van der Waals surface area contributed by atoms with Crippen LogP contribution in [0.15, 0.2) is 43.0 Å². The number of rotatable bonds is 10. The first-order valence-corrected chi connectivity index (χ1v) is 14.0. The molecule has 14 nitrogen and oxygen atoms in total. The summed E-state index contributed by atoms with van der Waals surface area (Å²) in [5, 5.41) is 14.0. The predicted molar refractivity (Wildman–Crippen MR) is 136 cm³/mol. The number of benzene rings is 1. The molecule has 0 amide bonds. The van der Waals surface area contributed by atoms with Gasteiger partial charge in [-0.3, -0.25) is 9.32 Å². The Morgan fingerprint density at radius 1 is 1.28 bits per heavy atom. The van der Waals surface area contributed by atoms with Crippen molar-refractivity contribution in [3.8, 4) is 5.75 Å². The molecule has 3 fully saturated rings. The molecule has 4 heterocycles. The van der Waals surface area contributed by atoms with E-state index in [1.54, 1.807) is 55.1 Å². The van der Waals surface area contributed by atoms with Gasteiger partial charge in [0, 0.05) is 0 Å². The standard InChI is InChI=1S/C24H29N6O8P/c1-13(2)36-21(31)14(3)29-39(33,38-15-7-5-4-6-8-15)35-10-23-9-34-24(22(23)32)17(18(24)37-23)30-12-28-16-19(25)26-11-27-20(16)30/h4-8,11-14,17-18,22,32H,9-10H2,1-3H3,(H,29,33)(H2,25,26,27)/t14-,17?,18?,22-,23-,24+,39?/m1/s1. The smallest absolute Gasteiger partial charge is 0.459 e. The SMILES string of the molecule is CC(C)OC(=O)[C@@H](C)NP(=O)(OC[C@@]12CO[C@@]3(C(O1)C3n1cnc3c(N)ncnc31)[C@@H]2O)Oc1ccccc1. The van der Waals surface area contributed by atoms with Gasteiger partial charge in [0.25, 0.3) is 0 Å². The first kappa shape index (κ1) is 26.1. The van der Waals surface area contributed by atoms with Crippen molar-refractivity contribution in [2.24, 2.45) is 0 Å². The van der Waals surface area contributed by atoms with E-state index in [1.165, 1.54) is 13.3 Å². The minimum Gasteiger partial charge on any atom is -0.462 e. The molecule has 4 N–H and O–H groups in total. The van der Waals surface area contributed by atoms with Crippen molar-refractivity contribution in [3.05, 3.63) is 43.0 Å². The van der Waals surface area contributed by atoms with Gasteiger partial charge in [-0.25, -0.2) is 19.5 Å². The van der Waals surface area contributed by atoms with Crippen LogP contribution in [-0.2, 0) is 28.1 Å². The number of nitrogens with two attached hydrogens (primary N) is 1. The van der Waals surface area contributed by atoms with Crippen molar-refractivity contribution in [1.82, 2.24) is 24.6 Å². The van der Waals surface area contributed by atoms with Crippen LogP contribution >= 0.6 is 7.75 Å². The average molecular weight is 561 g/mol. The molecule has 1 aromatic carbocycles. The van der Waals surface area contributed by atoms with Gasteiger partial charge in [0.2, 0.25) is 0 Å². The van der Waals surface area contributed by atoms with Gasteiger partial charge in [-0.1, -0.05) is 18.2 Å². The van der Waals surface area contributed by atoms with Gasteiger partial charge < -0.3 is 34.1 Å². The van der Waals surface area contributed by atoms with Crippen molar-refractivity contribution in [3.63, 3.8) is 0 Å².